The molecule has 3 heterocycles. The number of nitrogens with zero attached hydrogens (tertiary/aromatic N) is 3. The third-order valence-electron chi connectivity index (χ3n) is 6.53. The van der Waals surface area contributed by atoms with E-state index in [9.17, 15) is 9.18 Å². The van der Waals surface area contributed by atoms with E-state index in [0.29, 0.717) is 35.3 Å². The van der Waals surface area contributed by atoms with Crippen molar-refractivity contribution in [1.82, 2.24) is 9.97 Å². The highest BCUT2D eigenvalue weighted by Crippen LogP contribution is 2.34. The number of halogens is 1. The van der Waals surface area contributed by atoms with Gasteiger partial charge in [-0.2, -0.15) is 0 Å². The van der Waals surface area contributed by atoms with Crippen LogP contribution in [0.5, 0.6) is 11.6 Å². The lowest BCUT2D eigenvalue weighted by Crippen LogP contribution is -2.25. The molecule has 0 aliphatic carbocycles. The minimum absolute atomic E-state index is 0.224. The van der Waals surface area contributed by atoms with Crippen LogP contribution in [-0.2, 0) is 4.79 Å². The van der Waals surface area contributed by atoms with Crippen molar-refractivity contribution >= 4 is 23.0 Å². The number of fused-ring (bicyclic) bond motifs is 1. The van der Waals surface area contributed by atoms with Crippen LogP contribution in [-0.4, -0.2) is 28.1 Å². The van der Waals surface area contributed by atoms with Gasteiger partial charge in [-0.1, -0.05) is 26.0 Å². The van der Waals surface area contributed by atoms with Crippen LogP contribution in [0.3, 0.4) is 0 Å². The fourth-order valence-corrected chi connectivity index (χ4v) is 4.26. The van der Waals surface area contributed by atoms with E-state index in [1.54, 1.807) is 24.5 Å². The minimum Gasteiger partial charge on any atom is -0.439 e. The summed E-state index contributed by atoms with van der Waals surface area (Å²) in [5.74, 6) is 0.616. The average Bonchev–Trinajstić information content (AvgIpc) is 3.02. The van der Waals surface area contributed by atoms with Crippen LogP contribution in [0, 0.1) is 11.7 Å². The van der Waals surface area contributed by atoms with E-state index in [0.717, 1.165) is 22.3 Å². The number of anilines is 2. The molecule has 186 valence electrons. The molecule has 2 aromatic carbocycles. The number of aliphatic imine (C=N–C) groups is 1. The van der Waals surface area contributed by atoms with Gasteiger partial charge < -0.3 is 15.8 Å². The maximum Gasteiger partial charge on any atom is 0.274 e. The first kappa shape index (κ1) is 24.1. The van der Waals surface area contributed by atoms with Gasteiger partial charge in [-0.3, -0.25) is 14.8 Å². The highest BCUT2D eigenvalue weighted by atomic mass is 19.1. The van der Waals surface area contributed by atoms with E-state index in [4.69, 9.17) is 15.5 Å². The molecule has 0 fully saturated rings. The van der Waals surface area contributed by atoms with Crippen molar-refractivity contribution in [2.75, 3.05) is 17.6 Å². The van der Waals surface area contributed by atoms with Crippen LogP contribution in [0.25, 0.3) is 11.1 Å². The number of carbonyl (C=O) groups excluding carboxylic acids is 1. The van der Waals surface area contributed by atoms with E-state index in [-0.39, 0.29) is 23.6 Å². The quantitative estimate of drug-likeness (QED) is 0.362. The second-order valence-electron chi connectivity index (χ2n) is 9.16. The molecule has 3 N–H and O–H groups in total. The first-order valence-corrected chi connectivity index (χ1v) is 12.0. The Labute approximate surface area is 214 Å². The van der Waals surface area contributed by atoms with Gasteiger partial charge in [0.05, 0.1) is 17.6 Å². The molecule has 0 bridgehead atoms. The number of nitrogen functional groups attached to an aromatic ring is 1. The van der Waals surface area contributed by atoms with Gasteiger partial charge in [0.1, 0.15) is 17.3 Å². The standard InChI is InChI=1S/C29H26FN5O2/c1-17-13-34-28(26-12-19(3-9-25(26)18(17)2)20-11-22(31)15-32-14-20)29(36)35-23-6-10-27(33-16-23)37-24-7-4-21(30)5-8-24/h3-12,14-18H,13,31H2,1-2H3,(H,35,36). The van der Waals surface area contributed by atoms with Crippen molar-refractivity contribution in [3.8, 4) is 22.8 Å². The second-order valence-corrected chi connectivity index (χ2v) is 9.16. The molecule has 4 aromatic rings. The van der Waals surface area contributed by atoms with Gasteiger partial charge in [-0.25, -0.2) is 9.37 Å². The lowest BCUT2D eigenvalue weighted by atomic mass is 9.85. The van der Waals surface area contributed by atoms with Crippen LogP contribution >= 0.6 is 0 Å². The number of pyridine rings is 2. The first-order valence-electron chi connectivity index (χ1n) is 12.0. The van der Waals surface area contributed by atoms with Gasteiger partial charge in [0, 0.05) is 36.1 Å². The number of benzene rings is 2. The molecule has 2 unspecified atom stereocenters. The van der Waals surface area contributed by atoms with Crippen LogP contribution < -0.4 is 15.8 Å². The number of aromatic nitrogens is 2. The number of hydrogen-bond donors (Lipinski definition) is 2. The van der Waals surface area contributed by atoms with Crippen LogP contribution in [0.4, 0.5) is 15.8 Å². The molecule has 1 aliphatic heterocycles. The van der Waals surface area contributed by atoms with E-state index in [1.165, 1.54) is 30.5 Å². The molecule has 1 amide bonds. The molecule has 0 saturated heterocycles. The summed E-state index contributed by atoms with van der Waals surface area (Å²) in [6.07, 6.45) is 4.86. The fraction of sp³-hybridized carbons (Fsp3) is 0.172. The number of carbonyl (C=O) groups is 1. The topological polar surface area (TPSA) is 102 Å². The van der Waals surface area contributed by atoms with Crippen LogP contribution in [0.2, 0.25) is 0 Å². The predicted molar refractivity (Wildman–Crippen MR) is 142 cm³/mol. The zero-order valence-electron chi connectivity index (χ0n) is 20.5. The number of nitrogens with two attached hydrogens (primary N) is 1. The van der Waals surface area contributed by atoms with Crippen molar-refractivity contribution in [2.24, 2.45) is 10.9 Å². The minimum atomic E-state index is -0.346. The number of hydrogen-bond acceptors (Lipinski definition) is 6. The Morgan fingerprint density at radius 3 is 2.54 bits per heavy atom. The number of amides is 1. The molecule has 0 radical (unpaired) electrons. The van der Waals surface area contributed by atoms with Crippen molar-refractivity contribution in [3.63, 3.8) is 0 Å². The molecule has 0 saturated carbocycles. The van der Waals surface area contributed by atoms with Gasteiger partial charge in [0.15, 0.2) is 0 Å². The number of ether oxygens (including phenoxy) is 1. The summed E-state index contributed by atoms with van der Waals surface area (Å²) < 4.78 is 18.7. The van der Waals surface area contributed by atoms with E-state index in [2.05, 4.69) is 35.2 Å². The molecule has 37 heavy (non-hydrogen) atoms. The third kappa shape index (κ3) is 5.33. The van der Waals surface area contributed by atoms with E-state index in [1.807, 2.05) is 18.2 Å². The molecule has 0 spiro atoms. The summed E-state index contributed by atoms with van der Waals surface area (Å²) >= 11 is 0. The third-order valence-corrected chi connectivity index (χ3v) is 6.53. The monoisotopic (exact) mass is 495 g/mol. The SMILES string of the molecule is CC1CN=C(C(=O)Nc2ccc(Oc3ccc(F)cc3)nc2)c2cc(-c3cncc(N)c3)ccc2C1C. The lowest BCUT2D eigenvalue weighted by Gasteiger charge is -2.19. The molecule has 1 aliphatic rings. The normalized spacial score (nSPS) is 16.8. The Kier molecular flexibility index (Phi) is 6.64. The molecule has 2 atom stereocenters. The zero-order chi connectivity index (χ0) is 25.9. The first-order chi connectivity index (χ1) is 17.9. The van der Waals surface area contributed by atoms with Gasteiger partial charge >= 0.3 is 0 Å². The average molecular weight is 496 g/mol. The van der Waals surface area contributed by atoms with Crippen LogP contribution in [0.1, 0.15) is 30.9 Å². The molecule has 5 rings (SSSR count). The fourth-order valence-electron chi connectivity index (χ4n) is 4.26. The summed E-state index contributed by atoms with van der Waals surface area (Å²) in [5.41, 5.74) is 11.0. The Morgan fingerprint density at radius 2 is 1.81 bits per heavy atom. The van der Waals surface area contributed by atoms with Crippen molar-refractivity contribution in [2.45, 2.75) is 19.8 Å². The summed E-state index contributed by atoms with van der Waals surface area (Å²) in [6.45, 7) is 4.83. The summed E-state index contributed by atoms with van der Waals surface area (Å²) in [7, 11) is 0. The summed E-state index contributed by atoms with van der Waals surface area (Å²) in [5, 5.41) is 2.91. The molecular weight excluding hydrogens is 469 g/mol. The maximum atomic E-state index is 13.4. The van der Waals surface area contributed by atoms with Gasteiger partial charge in [0.2, 0.25) is 5.88 Å². The Balaban J connectivity index is 1.40. The Morgan fingerprint density at radius 1 is 1.00 bits per heavy atom. The highest BCUT2D eigenvalue weighted by molar-refractivity contribution is 6.49. The molecule has 7 nitrogen and oxygen atoms in total. The number of rotatable bonds is 5. The smallest absolute Gasteiger partial charge is 0.274 e. The van der Waals surface area contributed by atoms with E-state index < -0.39 is 0 Å². The highest BCUT2D eigenvalue weighted by Gasteiger charge is 2.27. The zero-order valence-corrected chi connectivity index (χ0v) is 20.5. The van der Waals surface area contributed by atoms with Crippen molar-refractivity contribution in [1.29, 1.82) is 0 Å². The van der Waals surface area contributed by atoms with E-state index >= 15 is 0 Å². The molecule has 2 aromatic heterocycles. The Hall–Kier alpha value is -4.59. The Bertz CT molecular complexity index is 1470. The van der Waals surface area contributed by atoms with Crippen molar-refractivity contribution in [3.05, 3.63) is 96.2 Å². The largest absolute Gasteiger partial charge is 0.439 e. The second kappa shape index (κ2) is 10.2. The van der Waals surface area contributed by atoms with Crippen LogP contribution in [0.15, 0.2) is 84.2 Å². The van der Waals surface area contributed by atoms with Gasteiger partial charge in [-0.05, 0) is 65.4 Å². The lowest BCUT2D eigenvalue weighted by molar-refractivity contribution is -0.110. The molecule has 8 heteroatoms. The summed E-state index contributed by atoms with van der Waals surface area (Å²) in [4.78, 5) is 26.6. The molecular formula is C29H26FN5O2. The summed E-state index contributed by atoms with van der Waals surface area (Å²) in [6, 6.07) is 16.9. The van der Waals surface area contributed by atoms with Gasteiger partial charge in [-0.15, -0.1) is 0 Å². The van der Waals surface area contributed by atoms with Crippen molar-refractivity contribution < 1.29 is 13.9 Å². The number of nitrogens with one attached hydrogen (secondary N) is 1. The maximum absolute atomic E-state index is 13.4. The van der Waals surface area contributed by atoms with Gasteiger partial charge in [0.25, 0.3) is 5.91 Å². The predicted octanol–water partition coefficient (Wildman–Crippen LogP) is 5.84.